The van der Waals surface area contributed by atoms with Gasteiger partial charge in [-0.3, -0.25) is 0 Å². The van der Waals surface area contributed by atoms with E-state index in [-0.39, 0.29) is 12.1 Å². The third kappa shape index (κ3) is 3.32. The van der Waals surface area contributed by atoms with E-state index in [9.17, 15) is 9.18 Å². The highest BCUT2D eigenvalue weighted by atomic mass is 19.1. The van der Waals surface area contributed by atoms with Crippen molar-refractivity contribution in [2.75, 3.05) is 5.32 Å². The molecule has 0 spiro atoms. The third-order valence-corrected chi connectivity index (χ3v) is 6.31. The molecule has 0 aliphatic carbocycles. The van der Waals surface area contributed by atoms with Crippen LogP contribution < -0.4 is 5.32 Å². The summed E-state index contributed by atoms with van der Waals surface area (Å²) in [6.07, 6.45) is 8.45. The van der Waals surface area contributed by atoms with Gasteiger partial charge in [-0.15, -0.1) is 0 Å². The van der Waals surface area contributed by atoms with Crippen molar-refractivity contribution in [3.05, 3.63) is 66.3 Å². The SMILES string of the molecule is Cc1ccc(NC(=O)N2[C@@H]3C[C@H](C)C[C@@]2(c2ncccn2)C3)cc1-c1ncc(F)cn1. The number of nitrogens with one attached hydrogen (secondary N) is 1. The van der Waals surface area contributed by atoms with E-state index in [0.717, 1.165) is 42.8 Å². The summed E-state index contributed by atoms with van der Waals surface area (Å²) >= 11 is 0. The van der Waals surface area contributed by atoms with E-state index in [2.05, 4.69) is 32.2 Å². The van der Waals surface area contributed by atoms with Gasteiger partial charge < -0.3 is 10.2 Å². The van der Waals surface area contributed by atoms with Gasteiger partial charge in [-0.05, 0) is 55.9 Å². The zero-order valence-electron chi connectivity index (χ0n) is 17.4. The topological polar surface area (TPSA) is 83.9 Å². The molecule has 1 N–H and O–H groups in total. The predicted molar refractivity (Wildman–Crippen MR) is 114 cm³/mol. The number of piperidine rings is 1. The van der Waals surface area contributed by atoms with Crippen molar-refractivity contribution in [2.24, 2.45) is 5.92 Å². The molecule has 2 fully saturated rings. The maximum atomic E-state index is 13.3. The first-order chi connectivity index (χ1) is 15.0. The number of urea groups is 1. The minimum absolute atomic E-state index is 0.162. The summed E-state index contributed by atoms with van der Waals surface area (Å²) in [6, 6.07) is 7.38. The number of amides is 2. The second-order valence-corrected chi connectivity index (χ2v) is 8.56. The molecule has 2 amide bonds. The van der Waals surface area contributed by atoms with Crippen LogP contribution in [0.4, 0.5) is 14.9 Å². The lowest BCUT2D eigenvalue weighted by Crippen LogP contribution is -2.70. The van der Waals surface area contributed by atoms with Crippen LogP contribution in [0.15, 0.2) is 49.1 Å². The number of hydrogen-bond donors (Lipinski definition) is 1. The minimum atomic E-state index is -0.488. The number of carbonyl (C=O) groups excluding carboxylic acids is 1. The smallest absolute Gasteiger partial charge is 0.308 e. The number of aromatic nitrogens is 4. The van der Waals surface area contributed by atoms with Crippen molar-refractivity contribution in [1.29, 1.82) is 0 Å². The summed E-state index contributed by atoms with van der Waals surface area (Å²) in [5.74, 6) is 1.14. The van der Waals surface area contributed by atoms with Crippen molar-refractivity contribution in [1.82, 2.24) is 24.8 Å². The summed E-state index contributed by atoms with van der Waals surface area (Å²) in [5, 5.41) is 3.03. The van der Waals surface area contributed by atoms with Gasteiger partial charge >= 0.3 is 6.03 Å². The predicted octanol–water partition coefficient (Wildman–Crippen LogP) is 4.31. The first kappa shape index (κ1) is 19.5. The Morgan fingerprint density at radius 3 is 2.65 bits per heavy atom. The van der Waals surface area contributed by atoms with E-state index in [1.54, 1.807) is 18.5 Å². The van der Waals surface area contributed by atoms with Crippen LogP contribution in [0.5, 0.6) is 0 Å². The second kappa shape index (κ2) is 7.37. The van der Waals surface area contributed by atoms with E-state index < -0.39 is 11.4 Å². The Hall–Kier alpha value is -3.42. The summed E-state index contributed by atoms with van der Waals surface area (Å²) in [6.45, 7) is 4.14. The fourth-order valence-electron chi connectivity index (χ4n) is 5.08. The van der Waals surface area contributed by atoms with Crippen LogP contribution in [0, 0.1) is 18.7 Å². The molecule has 1 aromatic carbocycles. The first-order valence-electron chi connectivity index (χ1n) is 10.4. The second-order valence-electron chi connectivity index (χ2n) is 8.56. The zero-order chi connectivity index (χ0) is 21.6. The van der Waals surface area contributed by atoms with Crippen LogP contribution in [-0.4, -0.2) is 36.9 Å². The maximum Gasteiger partial charge on any atom is 0.322 e. The Morgan fingerprint density at radius 2 is 1.90 bits per heavy atom. The molecule has 4 heterocycles. The van der Waals surface area contributed by atoms with Crippen molar-refractivity contribution >= 4 is 11.7 Å². The molecule has 3 atom stereocenters. The lowest BCUT2D eigenvalue weighted by Gasteiger charge is -2.62. The number of rotatable bonds is 3. The molecule has 0 unspecified atom stereocenters. The summed E-state index contributed by atoms with van der Waals surface area (Å²) in [4.78, 5) is 32.4. The molecule has 7 nitrogen and oxygen atoms in total. The molecule has 2 aliphatic heterocycles. The molecule has 31 heavy (non-hydrogen) atoms. The van der Waals surface area contributed by atoms with Gasteiger partial charge in [0, 0.05) is 29.7 Å². The van der Waals surface area contributed by atoms with Crippen LogP contribution in [-0.2, 0) is 5.54 Å². The quantitative estimate of drug-likeness (QED) is 0.685. The highest BCUT2D eigenvalue weighted by molar-refractivity contribution is 5.92. The Kier molecular flexibility index (Phi) is 4.64. The normalized spacial score (nSPS) is 24.4. The molecule has 0 saturated carbocycles. The number of aryl methyl sites for hydroxylation is 1. The van der Waals surface area contributed by atoms with E-state index in [1.807, 2.05) is 30.0 Å². The van der Waals surface area contributed by atoms with Gasteiger partial charge in [0.15, 0.2) is 17.5 Å². The Morgan fingerprint density at radius 1 is 1.16 bits per heavy atom. The first-order valence-corrected chi connectivity index (χ1v) is 10.4. The highest BCUT2D eigenvalue weighted by Crippen LogP contribution is 2.54. The number of nitrogens with zero attached hydrogens (tertiary/aromatic N) is 5. The molecular weight excluding hydrogens is 395 g/mol. The summed E-state index contributed by atoms with van der Waals surface area (Å²) < 4.78 is 13.2. The van der Waals surface area contributed by atoms with Gasteiger partial charge in [-0.2, -0.15) is 0 Å². The number of hydrogen-bond acceptors (Lipinski definition) is 5. The minimum Gasteiger partial charge on any atom is -0.308 e. The van der Waals surface area contributed by atoms with E-state index in [4.69, 9.17) is 0 Å². The lowest BCUT2D eigenvalue weighted by molar-refractivity contribution is -0.100. The van der Waals surface area contributed by atoms with Gasteiger partial charge in [0.2, 0.25) is 0 Å². The molecule has 8 heteroatoms. The average molecular weight is 418 g/mol. The van der Waals surface area contributed by atoms with Crippen LogP contribution in [0.1, 0.15) is 37.6 Å². The van der Waals surface area contributed by atoms with Gasteiger partial charge in [-0.25, -0.2) is 29.1 Å². The summed E-state index contributed by atoms with van der Waals surface area (Å²) in [7, 11) is 0. The number of fused-ring (bicyclic) bond motifs is 2. The molecule has 2 bridgehead atoms. The van der Waals surface area contributed by atoms with Crippen molar-refractivity contribution in [3.63, 3.8) is 0 Å². The van der Waals surface area contributed by atoms with E-state index in [1.165, 1.54) is 0 Å². The van der Waals surface area contributed by atoms with Gasteiger partial charge in [-0.1, -0.05) is 13.0 Å². The molecule has 5 rings (SSSR count). The largest absolute Gasteiger partial charge is 0.322 e. The fraction of sp³-hybridized carbons (Fsp3) is 0.348. The Bertz CT molecular complexity index is 1120. The molecule has 2 aliphatic rings. The Labute approximate surface area is 179 Å². The van der Waals surface area contributed by atoms with Crippen molar-refractivity contribution in [2.45, 2.75) is 44.7 Å². The fourth-order valence-corrected chi connectivity index (χ4v) is 5.08. The molecule has 0 radical (unpaired) electrons. The van der Waals surface area contributed by atoms with Gasteiger partial charge in [0.05, 0.1) is 12.4 Å². The molecule has 3 aromatic rings. The highest BCUT2D eigenvalue weighted by Gasteiger charge is 2.60. The number of benzene rings is 1. The van der Waals surface area contributed by atoms with Crippen LogP contribution >= 0.6 is 0 Å². The van der Waals surface area contributed by atoms with Crippen molar-refractivity contribution in [3.8, 4) is 11.4 Å². The zero-order valence-corrected chi connectivity index (χ0v) is 17.4. The van der Waals surface area contributed by atoms with Crippen LogP contribution in [0.3, 0.4) is 0 Å². The van der Waals surface area contributed by atoms with E-state index in [0.29, 0.717) is 23.3 Å². The average Bonchev–Trinajstić information content (AvgIpc) is 2.76. The van der Waals surface area contributed by atoms with E-state index >= 15 is 0 Å². The third-order valence-electron chi connectivity index (χ3n) is 6.31. The maximum absolute atomic E-state index is 13.3. The standard InChI is InChI=1S/C23H23FN6O/c1-14-8-18-11-23(10-14,21-25-6-3-7-26-21)30(18)22(31)29-17-5-4-15(2)19(9-17)20-27-12-16(24)13-28-20/h3-7,9,12-14,18H,8,10-11H2,1-2H3,(H,29,31)/t14-,18+,23-/m0/s1. The monoisotopic (exact) mass is 418 g/mol. The van der Waals surface area contributed by atoms with Gasteiger partial charge in [0.1, 0.15) is 5.54 Å². The summed E-state index contributed by atoms with van der Waals surface area (Å²) in [5.41, 5.74) is 1.87. The number of carbonyl (C=O) groups is 1. The number of halogens is 1. The molecule has 158 valence electrons. The van der Waals surface area contributed by atoms with Crippen molar-refractivity contribution < 1.29 is 9.18 Å². The molecular formula is C23H23FN6O. The van der Waals surface area contributed by atoms with Crippen LogP contribution in [0.25, 0.3) is 11.4 Å². The lowest BCUT2D eigenvalue weighted by atomic mass is 9.64. The Balaban J connectivity index is 1.42. The van der Waals surface area contributed by atoms with Crippen LogP contribution in [0.2, 0.25) is 0 Å². The molecule has 2 aromatic heterocycles. The number of anilines is 1. The van der Waals surface area contributed by atoms with Gasteiger partial charge in [0.25, 0.3) is 0 Å². The molecule has 2 saturated heterocycles.